The third-order valence-corrected chi connectivity index (χ3v) is 4.89. The lowest BCUT2D eigenvalue weighted by Gasteiger charge is -2.14. The van der Waals surface area contributed by atoms with E-state index in [1.807, 2.05) is 0 Å². The number of nitrogens with two attached hydrogens (primary N) is 1. The summed E-state index contributed by atoms with van der Waals surface area (Å²) in [5.74, 6) is -1.73. The van der Waals surface area contributed by atoms with Crippen LogP contribution in [0.2, 0.25) is 5.02 Å². The Morgan fingerprint density at radius 1 is 1.11 bits per heavy atom. The summed E-state index contributed by atoms with van der Waals surface area (Å²) in [7, 11) is -1.46. The number of halogens is 1. The molecule has 0 aliphatic carbocycles. The fraction of sp³-hybridized carbons (Fsp3) is 0.125. The van der Waals surface area contributed by atoms with Crippen molar-refractivity contribution in [3.8, 4) is 11.5 Å². The summed E-state index contributed by atoms with van der Waals surface area (Å²) in [6, 6.07) is 5.93. The summed E-state index contributed by atoms with van der Waals surface area (Å²) >= 11 is 5.79. The normalized spacial score (nSPS) is 11.0. The van der Waals surface area contributed by atoms with Gasteiger partial charge in [-0.15, -0.1) is 0 Å². The number of carboxylic acids is 1. The van der Waals surface area contributed by atoms with E-state index >= 15 is 0 Å². The molecule has 4 N–H and O–H groups in total. The maximum atomic E-state index is 12.5. The van der Waals surface area contributed by atoms with Crippen LogP contribution in [0.3, 0.4) is 0 Å². The number of hydrogen-bond acceptors (Lipinski definition) is 6. The minimum absolute atomic E-state index is 0.0720. The lowest BCUT2D eigenvalue weighted by molar-refractivity contribution is 0.0697. The molecule has 0 heterocycles. The molecule has 11 heteroatoms. The molecule has 144 valence electrons. The van der Waals surface area contributed by atoms with E-state index in [0.29, 0.717) is 0 Å². The average molecular weight is 415 g/mol. The summed E-state index contributed by atoms with van der Waals surface area (Å²) in [6.07, 6.45) is 0. The molecule has 0 aliphatic rings. The maximum Gasteiger partial charge on any atom is 0.337 e. The van der Waals surface area contributed by atoms with Gasteiger partial charge in [0.05, 0.1) is 30.5 Å². The largest absolute Gasteiger partial charge is 0.493 e. The Morgan fingerprint density at radius 3 is 2.22 bits per heavy atom. The number of sulfonamides is 1. The first kappa shape index (κ1) is 20.5. The van der Waals surface area contributed by atoms with Gasteiger partial charge in [0.25, 0.3) is 5.91 Å². The van der Waals surface area contributed by atoms with Gasteiger partial charge < -0.3 is 19.9 Å². The highest BCUT2D eigenvalue weighted by Crippen LogP contribution is 2.33. The van der Waals surface area contributed by atoms with Gasteiger partial charge in [-0.05, 0) is 18.2 Å². The SMILES string of the molecule is COc1cc(NC(=O)c2ccc(Cl)c(S(N)(=O)=O)c2)c(C(=O)O)cc1OC. The van der Waals surface area contributed by atoms with Crippen LogP contribution in [0.15, 0.2) is 35.2 Å². The molecule has 0 saturated heterocycles. The van der Waals surface area contributed by atoms with Crippen LogP contribution in [0.4, 0.5) is 5.69 Å². The Morgan fingerprint density at radius 2 is 1.70 bits per heavy atom. The van der Waals surface area contributed by atoms with E-state index < -0.39 is 26.8 Å². The molecule has 0 atom stereocenters. The molecular formula is C16H15ClN2O7S. The van der Waals surface area contributed by atoms with Gasteiger partial charge in [0.1, 0.15) is 4.90 Å². The van der Waals surface area contributed by atoms with Crippen molar-refractivity contribution in [2.75, 3.05) is 19.5 Å². The molecule has 0 fully saturated rings. The third-order valence-electron chi connectivity index (χ3n) is 3.50. The van der Waals surface area contributed by atoms with Crippen LogP contribution in [-0.2, 0) is 10.0 Å². The second-order valence-electron chi connectivity index (χ2n) is 5.20. The summed E-state index contributed by atoms with van der Waals surface area (Å²) in [5, 5.41) is 16.7. The van der Waals surface area contributed by atoms with Crippen LogP contribution >= 0.6 is 11.6 Å². The number of rotatable bonds is 6. The average Bonchev–Trinajstić information content (AvgIpc) is 2.60. The topological polar surface area (TPSA) is 145 Å². The van der Waals surface area contributed by atoms with Crippen LogP contribution < -0.4 is 19.9 Å². The molecule has 2 aromatic carbocycles. The van der Waals surface area contributed by atoms with Gasteiger partial charge in [-0.2, -0.15) is 0 Å². The zero-order valence-electron chi connectivity index (χ0n) is 14.1. The molecule has 0 saturated carbocycles. The number of primary sulfonamides is 1. The van der Waals surface area contributed by atoms with Gasteiger partial charge in [-0.3, -0.25) is 4.79 Å². The van der Waals surface area contributed by atoms with Crippen molar-refractivity contribution in [3.63, 3.8) is 0 Å². The number of hydrogen-bond donors (Lipinski definition) is 3. The first-order valence-corrected chi connectivity index (χ1v) is 9.14. The van der Waals surface area contributed by atoms with Gasteiger partial charge in [-0.25, -0.2) is 18.4 Å². The van der Waals surface area contributed by atoms with Crippen molar-refractivity contribution in [2.45, 2.75) is 4.90 Å². The van der Waals surface area contributed by atoms with Crippen LogP contribution in [0.5, 0.6) is 11.5 Å². The van der Waals surface area contributed by atoms with Gasteiger partial charge in [-0.1, -0.05) is 11.6 Å². The molecule has 2 rings (SSSR count). The molecule has 0 spiro atoms. The van der Waals surface area contributed by atoms with Crippen molar-refractivity contribution in [1.82, 2.24) is 0 Å². The fourth-order valence-electron chi connectivity index (χ4n) is 2.22. The summed E-state index contributed by atoms with van der Waals surface area (Å²) in [5.41, 5.74) is -0.409. The van der Waals surface area contributed by atoms with E-state index in [4.69, 9.17) is 26.2 Å². The monoisotopic (exact) mass is 414 g/mol. The molecule has 0 aliphatic heterocycles. The molecule has 9 nitrogen and oxygen atoms in total. The fourth-order valence-corrected chi connectivity index (χ4v) is 3.29. The van der Waals surface area contributed by atoms with E-state index in [1.165, 1.54) is 38.5 Å². The van der Waals surface area contributed by atoms with Gasteiger partial charge in [0.2, 0.25) is 10.0 Å². The number of carboxylic acid groups (broad SMARTS) is 1. The van der Waals surface area contributed by atoms with Gasteiger partial charge >= 0.3 is 5.97 Å². The highest BCUT2D eigenvalue weighted by Gasteiger charge is 2.20. The Hall–Kier alpha value is -2.82. The number of carbonyl (C=O) groups is 2. The van der Waals surface area contributed by atoms with Crippen molar-refractivity contribution in [1.29, 1.82) is 0 Å². The molecule has 0 unspecified atom stereocenters. The zero-order valence-corrected chi connectivity index (χ0v) is 15.7. The van der Waals surface area contributed by atoms with E-state index in [2.05, 4.69) is 5.32 Å². The van der Waals surface area contributed by atoms with Gasteiger partial charge in [0.15, 0.2) is 11.5 Å². The van der Waals surface area contributed by atoms with Crippen molar-refractivity contribution in [3.05, 3.63) is 46.5 Å². The summed E-state index contributed by atoms with van der Waals surface area (Å²) < 4.78 is 33.2. The van der Waals surface area contributed by atoms with Crippen LogP contribution in [0, 0.1) is 0 Å². The summed E-state index contributed by atoms with van der Waals surface area (Å²) in [6.45, 7) is 0. The lowest BCUT2D eigenvalue weighted by atomic mass is 10.1. The minimum Gasteiger partial charge on any atom is -0.493 e. The molecule has 0 bridgehead atoms. The molecule has 2 aromatic rings. The zero-order chi connectivity index (χ0) is 20.4. The molecule has 27 heavy (non-hydrogen) atoms. The Labute approximate surface area is 159 Å². The van der Waals surface area contributed by atoms with Gasteiger partial charge in [0, 0.05) is 17.7 Å². The third kappa shape index (κ3) is 4.48. The quantitative estimate of drug-likeness (QED) is 0.654. The number of carbonyl (C=O) groups excluding carboxylic acids is 1. The minimum atomic E-state index is -4.15. The van der Waals surface area contributed by atoms with Crippen molar-refractivity contribution >= 4 is 39.2 Å². The second-order valence-corrected chi connectivity index (χ2v) is 7.14. The van der Waals surface area contributed by atoms with Crippen LogP contribution in [-0.4, -0.2) is 39.6 Å². The van der Waals surface area contributed by atoms with E-state index in [-0.39, 0.29) is 33.3 Å². The number of ether oxygens (including phenoxy) is 2. The van der Waals surface area contributed by atoms with Crippen LogP contribution in [0.25, 0.3) is 0 Å². The molecular weight excluding hydrogens is 400 g/mol. The van der Waals surface area contributed by atoms with E-state index in [9.17, 15) is 23.1 Å². The Kier molecular flexibility index (Phi) is 5.94. The van der Waals surface area contributed by atoms with Crippen molar-refractivity contribution in [2.24, 2.45) is 5.14 Å². The van der Waals surface area contributed by atoms with Crippen LogP contribution in [0.1, 0.15) is 20.7 Å². The number of anilines is 1. The Balaban J connectivity index is 2.48. The first-order valence-electron chi connectivity index (χ1n) is 7.21. The highest BCUT2D eigenvalue weighted by molar-refractivity contribution is 7.89. The first-order chi connectivity index (χ1) is 12.6. The number of nitrogens with one attached hydrogen (secondary N) is 1. The Bertz CT molecular complexity index is 1020. The number of methoxy groups -OCH3 is 2. The number of aromatic carboxylic acids is 1. The standard InChI is InChI=1S/C16H15ClN2O7S/c1-25-12-6-9(16(21)22)11(7-13(12)26-2)19-15(20)8-3-4-10(17)14(5-8)27(18,23)24/h3-7H,1-2H3,(H,19,20)(H,21,22)(H2,18,23,24). The molecule has 1 amide bonds. The number of amides is 1. The van der Waals surface area contributed by atoms with Crippen molar-refractivity contribution < 1.29 is 32.6 Å². The molecule has 0 aromatic heterocycles. The lowest BCUT2D eigenvalue weighted by Crippen LogP contribution is -2.17. The smallest absolute Gasteiger partial charge is 0.337 e. The number of benzene rings is 2. The second kappa shape index (κ2) is 7.82. The maximum absolute atomic E-state index is 12.5. The predicted molar refractivity (Wildman–Crippen MR) is 97.3 cm³/mol. The van der Waals surface area contributed by atoms with E-state index in [0.717, 1.165) is 6.07 Å². The predicted octanol–water partition coefficient (Wildman–Crippen LogP) is 1.96. The highest BCUT2D eigenvalue weighted by atomic mass is 35.5. The molecule has 0 radical (unpaired) electrons. The summed E-state index contributed by atoms with van der Waals surface area (Å²) in [4.78, 5) is 23.5. The van der Waals surface area contributed by atoms with E-state index in [1.54, 1.807) is 0 Å².